The largest absolute Gasteiger partial charge is 0.465 e. The molecule has 0 aliphatic heterocycles. The number of rotatable bonds is 10. The first-order chi connectivity index (χ1) is 9.92. The molecule has 0 amide bonds. The zero-order valence-corrected chi connectivity index (χ0v) is 14.0. The van der Waals surface area contributed by atoms with Crippen LogP contribution in [0.15, 0.2) is 12.2 Å². The maximum absolute atomic E-state index is 12.0. The number of likely N-dealkylation sites (N-methyl/N-ethyl adjacent to an activating group) is 1. The third-order valence-corrected chi connectivity index (χ3v) is 3.17. The zero-order valence-electron chi connectivity index (χ0n) is 14.0. The van der Waals surface area contributed by atoms with Crippen molar-refractivity contribution in [3.05, 3.63) is 12.2 Å². The van der Waals surface area contributed by atoms with Gasteiger partial charge in [-0.05, 0) is 47.2 Å². The number of carbonyl (C=O) groups excluding carboxylic acids is 2. The molecule has 0 saturated heterocycles. The molecule has 0 saturated carbocycles. The molecule has 122 valence electrons. The highest BCUT2D eigenvalue weighted by Crippen LogP contribution is 2.26. The predicted octanol–water partition coefficient (Wildman–Crippen LogP) is 2.41. The average molecular weight is 299 g/mol. The number of hydrogen-bond acceptors (Lipinski definition) is 5. The number of carbonyl (C=O) groups is 2. The van der Waals surface area contributed by atoms with E-state index in [2.05, 4.69) is 11.8 Å². The first kappa shape index (κ1) is 19.6. The van der Waals surface area contributed by atoms with Crippen molar-refractivity contribution in [2.45, 2.75) is 40.5 Å². The summed E-state index contributed by atoms with van der Waals surface area (Å²) < 4.78 is 10.0. The maximum atomic E-state index is 12.0. The minimum absolute atomic E-state index is 0.247. The van der Waals surface area contributed by atoms with Gasteiger partial charge in [0.1, 0.15) is 0 Å². The lowest BCUT2D eigenvalue weighted by Gasteiger charge is -2.23. The van der Waals surface area contributed by atoms with Gasteiger partial charge in [0.05, 0.1) is 13.2 Å². The molecule has 0 radical (unpaired) electrons. The Morgan fingerprint density at radius 1 is 1.05 bits per heavy atom. The number of esters is 2. The van der Waals surface area contributed by atoms with Crippen LogP contribution in [-0.4, -0.2) is 50.2 Å². The van der Waals surface area contributed by atoms with Crippen LogP contribution >= 0.6 is 0 Å². The first-order valence-electron chi connectivity index (χ1n) is 7.60. The van der Waals surface area contributed by atoms with Gasteiger partial charge in [-0.3, -0.25) is 9.59 Å². The van der Waals surface area contributed by atoms with Gasteiger partial charge < -0.3 is 14.4 Å². The molecule has 0 heterocycles. The normalized spacial score (nSPS) is 11.9. The van der Waals surface area contributed by atoms with E-state index in [4.69, 9.17) is 9.47 Å². The van der Waals surface area contributed by atoms with Gasteiger partial charge in [-0.1, -0.05) is 19.1 Å². The van der Waals surface area contributed by atoms with Crippen LogP contribution < -0.4 is 0 Å². The van der Waals surface area contributed by atoms with Crippen molar-refractivity contribution >= 4 is 11.9 Å². The van der Waals surface area contributed by atoms with Gasteiger partial charge in [0.15, 0.2) is 5.41 Å². The van der Waals surface area contributed by atoms with E-state index in [-0.39, 0.29) is 19.6 Å². The molecule has 0 fully saturated rings. The molecule has 0 N–H and O–H groups in total. The second-order valence-corrected chi connectivity index (χ2v) is 5.21. The summed E-state index contributed by atoms with van der Waals surface area (Å²) in [7, 11) is 2.03. The molecule has 21 heavy (non-hydrogen) atoms. The molecule has 5 heteroatoms. The highest BCUT2D eigenvalue weighted by Gasteiger charge is 2.43. The predicted molar refractivity (Wildman–Crippen MR) is 82.9 cm³/mol. The molecule has 0 unspecified atom stereocenters. The summed E-state index contributed by atoms with van der Waals surface area (Å²) in [5, 5.41) is 0. The van der Waals surface area contributed by atoms with E-state index in [9.17, 15) is 9.59 Å². The molecular weight excluding hydrogens is 270 g/mol. The van der Waals surface area contributed by atoms with E-state index in [1.54, 1.807) is 20.8 Å². The quantitative estimate of drug-likeness (QED) is 0.352. The summed E-state index contributed by atoms with van der Waals surface area (Å²) in [6.07, 6.45) is 5.19. The van der Waals surface area contributed by atoms with E-state index in [1.165, 1.54) is 0 Å². The molecule has 0 aromatic heterocycles. The lowest BCUT2D eigenvalue weighted by molar-refractivity contribution is -0.170. The third-order valence-electron chi connectivity index (χ3n) is 3.17. The number of nitrogens with zero attached hydrogens (tertiary/aromatic N) is 1. The molecular formula is C16H29NO4. The van der Waals surface area contributed by atoms with Crippen LogP contribution in [-0.2, 0) is 19.1 Å². The van der Waals surface area contributed by atoms with E-state index in [0.29, 0.717) is 0 Å². The maximum Gasteiger partial charge on any atom is 0.323 e. The molecule has 0 aromatic rings. The smallest absolute Gasteiger partial charge is 0.323 e. The molecule has 5 nitrogen and oxygen atoms in total. The van der Waals surface area contributed by atoms with Gasteiger partial charge in [-0.15, -0.1) is 0 Å². The number of hydrogen-bond donors (Lipinski definition) is 0. The Hall–Kier alpha value is -1.36. The Morgan fingerprint density at radius 2 is 1.57 bits per heavy atom. The van der Waals surface area contributed by atoms with Crippen molar-refractivity contribution in [3.63, 3.8) is 0 Å². The van der Waals surface area contributed by atoms with Gasteiger partial charge in [0.25, 0.3) is 0 Å². The second-order valence-electron chi connectivity index (χ2n) is 5.21. The Labute approximate surface area is 128 Å². The summed E-state index contributed by atoms with van der Waals surface area (Å²) in [5.74, 6) is -1.06. The number of ether oxygens (including phenoxy) is 2. The van der Waals surface area contributed by atoms with Crippen LogP contribution in [0.4, 0.5) is 0 Å². The molecule has 0 rings (SSSR count). The average Bonchev–Trinajstić information content (AvgIpc) is 2.44. The molecule has 0 aliphatic rings. The molecule has 0 aromatic carbocycles. The van der Waals surface area contributed by atoms with Crippen molar-refractivity contribution < 1.29 is 19.1 Å². The number of allylic oxidation sites excluding steroid dienone is 1. The van der Waals surface area contributed by atoms with Gasteiger partial charge in [0, 0.05) is 6.54 Å². The van der Waals surface area contributed by atoms with Crippen LogP contribution in [0.3, 0.4) is 0 Å². The molecule has 0 aliphatic carbocycles. The van der Waals surface area contributed by atoms with Crippen LogP contribution in [0.1, 0.15) is 40.5 Å². The highest BCUT2D eigenvalue weighted by molar-refractivity contribution is 5.99. The minimum Gasteiger partial charge on any atom is -0.465 e. The Balaban J connectivity index is 4.72. The minimum atomic E-state index is -1.27. The van der Waals surface area contributed by atoms with E-state index in [0.717, 1.165) is 19.5 Å². The topological polar surface area (TPSA) is 55.8 Å². The lowest BCUT2D eigenvalue weighted by atomic mass is 9.86. The van der Waals surface area contributed by atoms with Crippen molar-refractivity contribution in [3.8, 4) is 0 Å². The fourth-order valence-corrected chi connectivity index (χ4v) is 1.88. The summed E-state index contributed by atoms with van der Waals surface area (Å²) >= 11 is 0. The Bertz CT molecular complexity index is 334. The summed E-state index contributed by atoms with van der Waals surface area (Å²) in [6.45, 7) is 9.43. The zero-order chi connectivity index (χ0) is 16.3. The molecule has 0 spiro atoms. The van der Waals surface area contributed by atoms with E-state index in [1.807, 2.05) is 19.2 Å². The van der Waals surface area contributed by atoms with Crippen molar-refractivity contribution in [2.75, 3.05) is 33.4 Å². The Kier molecular flexibility index (Phi) is 9.71. The van der Waals surface area contributed by atoms with E-state index >= 15 is 0 Å². The fourth-order valence-electron chi connectivity index (χ4n) is 1.88. The van der Waals surface area contributed by atoms with Gasteiger partial charge in [-0.2, -0.15) is 0 Å². The summed E-state index contributed by atoms with van der Waals surface area (Å²) in [6, 6.07) is 0. The van der Waals surface area contributed by atoms with E-state index < -0.39 is 17.4 Å². The fraction of sp³-hybridized carbons (Fsp3) is 0.750. The standard InChI is InChI=1S/C16H29NO4/c1-6-12-17(5)13-10-9-11-16(4,14(18)20-7-2)15(19)21-8-3/h9-10H,6-8,11-13H2,1-5H3/b10-9+. The van der Waals surface area contributed by atoms with Crippen molar-refractivity contribution in [1.82, 2.24) is 4.90 Å². The lowest BCUT2D eigenvalue weighted by Crippen LogP contribution is -2.39. The summed E-state index contributed by atoms with van der Waals surface area (Å²) in [4.78, 5) is 26.3. The Morgan fingerprint density at radius 3 is 2.00 bits per heavy atom. The SMILES string of the molecule is CCCN(C)C/C=C/CC(C)(C(=O)OCC)C(=O)OCC. The second kappa shape index (κ2) is 10.4. The van der Waals surface area contributed by atoms with Crippen LogP contribution in [0.5, 0.6) is 0 Å². The van der Waals surface area contributed by atoms with Crippen molar-refractivity contribution in [2.24, 2.45) is 5.41 Å². The monoisotopic (exact) mass is 299 g/mol. The molecule has 0 atom stereocenters. The van der Waals surface area contributed by atoms with Gasteiger partial charge in [0.2, 0.25) is 0 Å². The van der Waals surface area contributed by atoms with Crippen LogP contribution in [0, 0.1) is 5.41 Å². The van der Waals surface area contributed by atoms with Gasteiger partial charge >= 0.3 is 11.9 Å². The van der Waals surface area contributed by atoms with Crippen LogP contribution in [0.2, 0.25) is 0 Å². The van der Waals surface area contributed by atoms with Crippen molar-refractivity contribution in [1.29, 1.82) is 0 Å². The third kappa shape index (κ3) is 6.76. The summed E-state index contributed by atoms with van der Waals surface area (Å²) in [5.41, 5.74) is -1.27. The first-order valence-corrected chi connectivity index (χ1v) is 7.60. The van der Waals surface area contributed by atoms with Gasteiger partial charge in [-0.25, -0.2) is 0 Å². The molecule has 0 bridgehead atoms. The highest BCUT2D eigenvalue weighted by atomic mass is 16.6. The van der Waals surface area contributed by atoms with Crippen LogP contribution in [0.25, 0.3) is 0 Å².